The van der Waals surface area contributed by atoms with Crippen molar-refractivity contribution < 1.29 is 0 Å². The number of halogens is 1. The summed E-state index contributed by atoms with van der Waals surface area (Å²) in [6.45, 7) is 13.7. The van der Waals surface area contributed by atoms with E-state index >= 15 is 0 Å². The lowest BCUT2D eigenvalue weighted by Crippen LogP contribution is -1.63. The molecule has 0 aliphatic heterocycles. The summed E-state index contributed by atoms with van der Waals surface area (Å²) >= 11 is 5.22. The Morgan fingerprint density at radius 1 is 1.11 bits per heavy atom. The van der Waals surface area contributed by atoms with Gasteiger partial charge in [-0.25, -0.2) is 0 Å². The van der Waals surface area contributed by atoms with Crippen LogP contribution in [0.4, 0.5) is 0 Å². The van der Waals surface area contributed by atoms with Crippen molar-refractivity contribution in [2.45, 2.75) is 0 Å². The smallest absolute Gasteiger partial charge is 0.0912 e. The standard InChI is InChI=1S/C8H8.C5H4ClN.C4H6/c1-2-8-6-4-3-5-7-8;1-5(6)3-2-4-7;1-3-4-2/h2-7H,1H2;2-3H,1H2;3-4H,1-2H2. The van der Waals surface area contributed by atoms with E-state index in [0.29, 0.717) is 5.03 Å². The minimum atomic E-state index is 0.376. The highest BCUT2D eigenvalue weighted by molar-refractivity contribution is 6.30. The van der Waals surface area contributed by atoms with Crippen LogP contribution in [-0.4, -0.2) is 0 Å². The molecule has 0 amide bonds. The number of nitrogens with zero attached hydrogens (tertiary/aromatic N) is 1. The first-order valence-electron chi connectivity index (χ1n) is 5.43. The van der Waals surface area contributed by atoms with E-state index in [0.717, 1.165) is 0 Å². The Balaban J connectivity index is 0. The summed E-state index contributed by atoms with van der Waals surface area (Å²) in [5, 5.41) is 8.26. The van der Waals surface area contributed by atoms with Crippen molar-refractivity contribution in [1.82, 2.24) is 0 Å². The van der Waals surface area contributed by atoms with Crippen molar-refractivity contribution >= 4 is 17.7 Å². The quantitative estimate of drug-likeness (QED) is 0.525. The van der Waals surface area contributed by atoms with Crippen molar-refractivity contribution in [3.8, 4) is 6.07 Å². The second kappa shape index (κ2) is 15.7. The van der Waals surface area contributed by atoms with Crippen LogP contribution in [0.15, 0.2) is 86.0 Å². The number of hydrogen-bond donors (Lipinski definition) is 0. The third kappa shape index (κ3) is 18.3. The molecule has 0 aromatic heterocycles. The third-order valence-corrected chi connectivity index (χ3v) is 1.67. The summed E-state index contributed by atoms with van der Waals surface area (Å²) in [4.78, 5) is 0. The van der Waals surface area contributed by atoms with Crippen molar-refractivity contribution in [3.05, 3.63) is 91.5 Å². The molecule has 1 aromatic rings. The Hall–Kier alpha value is -2.30. The number of rotatable bonds is 3. The van der Waals surface area contributed by atoms with E-state index < -0.39 is 0 Å². The molecule has 0 spiro atoms. The molecule has 19 heavy (non-hydrogen) atoms. The zero-order valence-electron chi connectivity index (χ0n) is 10.9. The van der Waals surface area contributed by atoms with Gasteiger partial charge in [0.15, 0.2) is 0 Å². The minimum Gasteiger partial charge on any atom is -0.193 e. The molecule has 1 nitrogen and oxygen atoms in total. The second-order valence-corrected chi connectivity index (χ2v) is 3.48. The van der Waals surface area contributed by atoms with E-state index in [2.05, 4.69) is 26.3 Å². The average molecular weight is 272 g/mol. The van der Waals surface area contributed by atoms with E-state index in [1.54, 1.807) is 18.2 Å². The fraction of sp³-hybridized carbons (Fsp3) is 0. The largest absolute Gasteiger partial charge is 0.193 e. The van der Waals surface area contributed by atoms with E-state index in [4.69, 9.17) is 16.9 Å². The van der Waals surface area contributed by atoms with Gasteiger partial charge < -0.3 is 0 Å². The maximum Gasteiger partial charge on any atom is 0.0912 e. The van der Waals surface area contributed by atoms with Crippen LogP contribution in [0, 0.1) is 11.3 Å². The average Bonchev–Trinajstić information content (AvgIpc) is 2.46. The van der Waals surface area contributed by atoms with E-state index in [1.165, 1.54) is 17.7 Å². The van der Waals surface area contributed by atoms with E-state index in [-0.39, 0.29) is 0 Å². The molecule has 1 rings (SSSR count). The fourth-order valence-corrected chi connectivity index (χ4v) is 0.780. The van der Waals surface area contributed by atoms with Crippen molar-refractivity contribution in [3.63, 3.8) is 0 Å². The van der Waals surface area contributed by atoms with Gasteiger partial charge in [0, 0.05) is 11.1 Å². The maximum atomic E-state index is 7.88. The van der Waals surface area contributed by atoms with Crippen LogP contribution in [0.1, 0.15) is 5.56 Å². The molecule has 0 unspecified atom stereocenters. The summed E-state index contributed by atoms with van der Waals surface area (Å²) in [5.74, 6) is 0. The third-order valence-electron chi connectivity index (χ3n) is 1.54. The SMILES string of the molecule is C=C(Cl)C=CC#N.C=CC=C.C=Cc1ccccc1. The molecular formula is C17H18ClN. The number of hydrogen-bond acceptors (Lipinski definition) is 1. The normalized spacial score (nSPS) is 7.79. The van der Waals surface area contributed by atoms with Gasteiger partial charge in [-0.3, -0.25) is 0 Å². The van der Waals surface area contributed by atoms with Gasteiger partial charge in [-0.1, -0.05) is 86.5 Å². The molecule has 0 N–H and O–H groups in total. The molecule has 0 bridgehead atoms. The summed E-state index contributed by atoms with van der Waals surface area (Å²) in [6.07, 6.45) is 7.82. The molecule has 0 aliphatic rings. The topological polar surface area (TPSA) is 23.8 Å². The number of nitriles is 1. The van der Waals surface area contributed by atoms with Gasteiger partial charge in [-0.05, 0) is 11.6 Å². The van der Waals surface area contributed by atoms with Crippen LogP contribution in [0.5, 0.6) is 0 Å². The van der Waals surface area contributed by atoms with Gasteiger partial charge >= 0.3 is 0 Å². The monoisotopic (exact) mass is 271 g/mol. The molecule has 0 saturated carbocycles. The van der Waals surface area contributed by atoms with Gasteiger partial charge in [0.05, 0.1) is 6.07 Å². The fourth-order valence-electron chi connectivity index (χ4n) is 0.717. The Morgan fingerprint density at radius 3 is 1.84 bits per heavy atom. The summed E-state index contributed by atoms with van der Waals surface area (Å²) in [6, 6.07) is 11.8. The van der Waals surface area contributed by atoms with E-state index in [9.17, 15) is 0 Å². The summed E-state index contributed by atoms with van der Waals surface area (Å²) < 4.78 is 0. The lowest BCUT2D eigenvalue weighted by atomic mass is 10.2. The van der Waals surface area contributed by atoms with Crippen LogP contribution in [0.2, 0.25) is 0 Å². The zero-order chi connectivity index (χ0) is 14.9. The Morgan fingerprint density at radius 2 is 1.63 bits per heavy atom. The van der Waals surface area contributed by atoms with Crippen LogP contribution >= 0.6 is 11.6 Å². The highest BCUT2D eigenvalue weighted by Gasteiger charge is 1.75. The molecule has 2 heteroatoms. The lowest BCUT2D eigenvalue weighted by Gasteiger charge is -1.85. The van der Waals surface area contributed by atoms with Crippen LogP contribution < -0.4 is 0 Å². The molecule has 0 radical (unpaired) electrons. The molecule has 0 fully saturated rings. The van der Waals surface area contributed by atoms with Gasteiger partial charge in [0.1, 0.15) is 0 Å². The molecule has 0 aliphatic carbocycles. The Bertz CT molecular complexity index is 444. The first-order chi connectivity index (χ1) is 9.12. The molecule has 0 atom stereocenters. The van der Waals surface area contributed by atoms with Crippen molar-refractivity contribution in [2.24, 2.45) is 0 Å². The first kappa shape index (κ1) is 19.0. The molecule has 1 aromatic carbocycles. The highest BCUT2D eigenvalue weighted by atomic mass is 35.5. The summed E-state index contributed by atoms with van der Waals surface area (Å²) in [5.41, 5.74) is 1.17. The van der Waals surface area contributed by atoms with Crippen LogP contribution in [-0.2, 0) is 0 Å². The maximum absolute atomic E-state index is 7.88. The number of allylic oxidation sites excluding steroid dienone is 5. The Labute approximate surface area is 121 Å². The minimum absolute atomic E-state index is 0.376. The highest BCUT2D eigenvalue weighted by Crippen LogP contribution is 1.97. The summed E-state index contributed by atoms with van der Waals surface area (Å²) in [7, 11) is 0. The van der Waals surface area contributed by atoms with Gasteiger partial charge in [-0.15, -0.1) is 0 Å². The zero-order valence-corrected chi connectivity index (χ0v) is 11.7. The predicted octanol–water partition coefficient (Wildman–Crippen LogP) is 5.51. The predicted molar refractivity (Wildman–Crippen MR) is 86.7 cm³/mol. The Kier molecular flexibility index (Phi) is 15.7. The van der Waals surface area contributed by atoms with Gasteiger partial charge in [0.25, 0.3) is 0 Å². The van der Waals surface area contributed by atoms with Crippen molar-refractivity contribution in [1.29, 1.82) is 5.26 Å². The van der Waals surface area contributed by atoms with Crippen LogP contribution in [0.25, 0.3) is 6.08 Å². The lowest BCUT2D eigenvalue weighted by molar-refractivity contribution is 1.53. The van der Waals surface area contributed by atoms with Gasteiger partial charge in [0.2, 0.25) is 0 Å². The molecule has 98 valence electrons. The van der Waals surface area contributed by atoms with E-state index in [1.807, 2.05) is 36.4 Å². The van der Waals surface area contributed by atoms with Gasteiger partial charge in [-0.2, -0.15) is 5.26 Å². The van der Waals surface area contributed by atoms with Crippen LogP contribution in [0.3, 0.4) is 0 Å². The molecule has 0 saturated heterocycles. The number of benzene rings is 1. The molecular weight excluding hydrogens is 254 g/mol. The second-order valence-electron chi connectivity index (χ2n) is 3.00. The molecule has 0 heterocycles. The van der Waals surface area contributed by atoms with Crippen molar-refractivity contribution in [2.75, 3.05) is 0 Å². The first-order valence-corrected chi connectivity index (χ1v) is 5.81.